The van der Waals surface area contributed by atoms with Gasteiger partial charge >= 0.3 is 0 Å². The highest BCUT2D eigenvalue weighted by molar-refractivity contribution is 7.90. The lowest BCUT2D eigenvalue weighted by Gasteiger charge is -2.27. The van der Waals surface area contributed by atoms with E-state index in [4.69, 9.17) is 0 Å². The maximum atomic E-state index is 11.6. The molecule has 0 aromatic heterocycles. The average Bonchev–Trinajstić information content (AvgIpc) is 3.09. The fraction of sp³-hybridized carbons (Fsp3) is 0.429. The Morgan fingerprint density at radius 2 is 1.56 bits per heavy atom. The lowest BCUT2D eigenvalue weighted by Crippen LogP contribution is -2.32. The van der Waals surface area contributed by atoms with Gasteiger partial charge in [-0.1, -0.05) is 56.3 Å². The normalized spacial score (nSPS) is 22.1. The van der Waals surface area contributed by atoms with Crippen molar-refractivity contribution in [3.63, 3.8) is 0 Å². The van der Waals surface area contributed by atoms with Crippen LogP contribution in [0.1, 0.15) is 31.4 Å². The Labute approximate surface area is 151 Å². The Hall–Kier alpha value is -1.65. The molecule has 0 saturated heterocycles. The fourth-order valence-electron chi connectivity index (χ4n) is 3.99. The molecule has 0 radical (unpaired) electrons. The van der Waals surface area contributed by atoms with Crippen molar-refractivity contribution < 1.29 is 8.42 Å². The summed E-state index contributed by atoms with van der Waals surface area (Å²) in [5.41, 5.74) is 3.06. The molecular weight excluding hydrogens is 330 g/mol. The molecule has 0 N–H and O–H groups in total. The van der Waals surface area contributed by atoms with Gasteiger partial charge in [0.15, 0.2) is 9.84 Å². The van der Waals surface area contributed by atoms with Gasteiger partial charge in [0.2, 0.25) is 0 Å². The molecule has 25 heavy (non-hydrogen) atoms. The van der Waals surface area contributed by atoms with Crippen molar-refractivity contribution in [3.05, 3.63) is 65.7 Å². The number of benzene rings is 2. The van der Waals surface area contributed by atoms with E-state index in [2.05, 4.69) is 56.1 Å². The average molecular weight is 358 g/mol. The van der Waals surface area contributed by atoms with E-state index in [1.165, 1.54) is 18.2 Å². The lowest BCUT2D eigenvalue weighted by atomic mass is 9.87. The molecule has 1 aliphatic carbocycles. The topological polar surface area (TPSA) is 37.4 Å². The van der Waals surface area contributed by atoms with Gasteiger partial charge in [0.05, 0.1) is 4.90 Å². The summed E-state index contributed by atoms with van der Waals surface area (Å²) in [6.07, 6.45) is 2.44. The molecular formula is C21H27NO2S. The highest BCUT2D eigenvalue weighted by Crippen LogP contribution is 2.64. The van der Waals surface area contributed by atoms with E-state index >= 15 is 0 Å². The Morgan fingerprint density at radius 3 is 2.04 bits per heavy atom. The van der Waals surface area contributed by atoms with E-state index in [1.807, 2.05) is 12.1 Å². The lowest BCUT2D eigenvalue weighted by molar-refractivity contribution is 0.271. The van der Waals surface area contributed by atoms with Crippen LogP contribution < -0.4 is 0 Å². The third kappa shape index (κ3) is 3.65. The van der Waals surface area contributed by atoms with Gasteiger partial charge in [-0.05, 0) is 42.1 Å². The van der Waals surface area contributed by atoms with Crippen molar-refractivity contribution in [2.75, 3.05) is 19.8 Å². The number of hydrogen-bond acceptors (Lipinski definition) is 3. The summed E-state index contributed by atoms with van der Waals surface area (Å²) in [4.78, 5) is 2.72. The van der Waals surface area contributed by atoms with Crippen LogP contribution in [0.4, 0.5) is 0 Å². The zero-order valence-corrected chi connectivity index (χ0v) is 16.3. The molecule has 3 nitrogen and oxygen atoms in total. The van der Waals surface area contributed by atoms with Crippen molar-refractivity contribution in [1.29, 1.82) is 0 Å². The van der Waals surface area contributed by atoms with E-state index in [-0.39, 0.29) is 5.41 Å². The molecule has 0 bridgehead atoms. The number of rotatable bonds is 6. The van der Waals surface area contributed by atoms with Gasteiger partial charge in [-0.15, -0.1) is 0 Å². The monoisotopic (exact) mass is 357 g/mol. The van der Waals surface area contributed by atoms with Crippen LogP contribution in [0, 0.1) is 5.41 Å². The van der Waals surface area contributed by atoms with Gasteiger partial charge < -0.3 is 4.90 Å². The van der Waals surface area contributed by atoms with Crippen LogP contribution in [0.25, 0.3) is 0 Å². The van der Waals surface area contributed by atoms with Crippen LogP contribution in [-0.2, 0) is 21.8 Å². The van der Waals surface area contributed by atoms with Crippen LogP contribution in [0.5, 0.6) is 0 Å². The fourth-order valence-corrected chi connectivity index (χ4v) is 4.62. The predicted molar refractivity (Wildman–Crippen MR) is 102 cm³/mol. The molecule has 0 spiro atoms. The zero-order valence-electron chi connectivity index (χ0n) is 15.5. The van der Waals surface area contributed by atoms with Crippen LogP contribution >= 0.6 is 0 Å². The molecule has 0 amide bonds. The maximum Gasteiger partial charge on any atom is 0.175 e. The predicted octanol–water partition coefficient (Wildman–Crippen LogP) is 3.89. The maximum absolute atomic E-state index is 11.6. The molecule has 3 rings (SSSR count). The molecule has 2 aromatic rings. The molecule has 0 aliphatic heterocycles. The van der Waals surface area contributed by atoms with Crippen LogP contribution in [0.15, 0.2) is 59.5 Å². The Kier molecular flexibility index (Phi) is 4.54. The summed E-state index contributed by atoms with van der Waals surface area (Å²) in [5, 5.41) is 0. The quantitative estimate of drug-likeness (QED) is 0.787. The first-order valence-corrected chi connectivity index (χ1v) is 10.6. The molecule has 1 fully saturated rings. The highest BCUT2D eigenvalue weighted by Gasteiger charge is 2.61. The largest absolute Gasteiger partial charge is 0.301 e. The van der Waals surface area contributed by atoms with E-state index in [9.17, 15) is 8.42 Å². The zero-order chi connectivity index (χ0) is 18.3. The molecule has 1 atom stereocenters. The van der Waals surface area contributed by atoms with Crippen LogP contribution in [-0.4, -0.2) is 33.2 Å². The molecule has 4 heteroatoms. The summed E-state index contributed by atoms with van der Waals surface area (Å²) in [7, 11) is -0.989. The minimum absolute atomic E-state index is 0.204. The standard InChI is InChI=1S/C21H27NO2S/c1-20(2)15-21(20,18-8-6-5-7-9-18)16-22(3)14-17-10-12-19(13-11-17)25(4,23)24/h5-13H,14-16H2,1-4H3/t21-/m0/s1. The third-order valence-corrected chi connectivity index (χ3v) is 6.71. The van der Waals surface area contributed by atoms with Crippen molar-refractivity contribution in [2.24, 2.45) is 5.41 Å². The second-order valence-corrected chi connectivity index (χ2v) is 10.1. The van der Waals surface area contributed by atoms with Crippen molar-refractivity contribution in [1.82, 2.24) is 4.90 Å². The smallest absolute Gasteiger partial charge is 0.175 e. The van der Waals surface area contributed by atoms with Crippen LogP contribution in [0.3, 0.4) is 0 Å². The second kappa shape index (κ2) is 6.26. The van der Waals surface area contributed by atoms with Gasteiger partial charge in [0.1, 0.15) is 0 Å². The molecule has 1 saturated carbocycles. The number of sulfone groups is 1. The molecule has 1 aliphatic rings. The van der Waals surface area contributed by atoms with Crippen molar-refractivity contribution in [2.45, 2.75) is 37.1 Å². The minimum atomic E-state index is -3.13. The van der Waals surface area contributed by atoms with Crippen molar-refractivity contribution in [3.8, 4) is 0 Å². The van der Waals surface area contributed by atoms with Gasteiger partial charge in [-0.2, -0.15) is 0 Å². The van der Waals surface area contributed by atoms with Gasteiger partial charge in [-0.3, -0.25) is 0 Å². The van der Waals surface area contributed by atoms with E-state index in [1.54, 1.807) is 12.1 Å². The SMILES string of the molecule is CN(Cc1ccc(S(C)(=O)=O)cc1)C[C@]1(c2ccccc2)CC1(C)C. The summed E-state index contributed by atoms with van der Waals surface area (Å²) in [6, 6.07) is 18.0. The molecule has 2 aromatic carbocycles. The Bertz CT molecular complexity index is 841. The summed E-state index contributed by atoms with van der Waals surface area (Å²) in [6.45, 7) is 6.50. The second-order valence-electron chi connectivity index (χ2n) is 8.10. The van der Waals surface area contributed by atoms with Gasteiger partial charge in [0.25, 0.3) is 0 Å². The Balaban J connectivity index is 1.73. The first-order valence-electron chi connectivity index (χ1n) is 8.67. The minimum Gasteiger partial charge on any atom is -0.301 e. The molecule has 134 valence electrons. The first-order chi connectivity index (χ1) is 11.6. The van der Waals surface area contributed by atoms with E-state index in [0.29, 0.717) is 10.3 Å². The van der Waals surface area contributed by atoms with E-state index in [0.717, 1.165) is 18.7 Å². The summed E-state index contributed by atoms with van der Waals surface area (Å²) >= 11 is 0. The van der Waals surface area contributed by atoms with E-state index < -0.39 is 9.84 Å². The molecule has 0 heterocycles. The first kappa shape index (κ1) is 18.2. The Morgan fingerprint density at radius 1 is 1.00 bits per heavy atom. The summed E-state index contributed by atoms with van der Waals surface area (Å²) < 4.78 is 23.2. The van der Waals surface area contributed by atoms with Crippen LogP contribution in [0.2, 0.25) is 0 Å². The summed E-state index contributed by atoms with van der Waals surface area (Å²) in [5.74, 6) is 0. The number of nitrogens with zero attached hydrogens (tertiary/aromatic N) is 1. The van der Waals surface area contributed by atoms with Gasteiger partial charge in [0, 0.05) is 24.8 Å². The third-order valence-electron chi connectivity index (χ3n) is 5.58. The van der Waals surface area contributed by atoms with Gasteiger partial charge in [-0.25, -0.2) is 8.42 Å². The number of likely N-dealkylation sites (N-methyl/N-ethyl adjacent to an activating group) is 1. The highest BCUT2D eigenvalue weighted by atomic mass is 32.2. The number of hydrogen-bond donors (Lipinski definition) is 0. The van der Waals surface area contributed by atoms with Crippen molar-refractivity contribution >= 4 is 9.84 Å². The molecule has 0 unspecified atom stereocenters.